The zero-order valence-corrected chi connectivity index (χ0v) is 23.9. The molecule has 0 fully saturated rings. The summed E-state index contributed by atoms with van der Waals surface area (Å²) in [6.07, 6.45) is 0.910. The van der Waals surface area contributed by atoms with E-state index in [2.05, 4.69) is 11.1 Å². The maximum atomic E-state index is 13.3. The van der Waals surface area contributed by atoms with Crippen LogP contribution in [0.1, 0.15) is 44.9 Å². The van der Waals surface area contributed by atoms with Crippen LogP contribution in [0.4, 0.5) is 0 Å². The number of carbonyl (C=O) groups excluding carboxylic acids is 1. The fraction of sp³-hybridized carbons (Fsp3) is 0.300. The van der Waals surface area contributed by atoms with E-state index in [1.54, 1.807) is 18.3 Å². The molecule has 0 saturated carbocycles. The SMILES string of the molecule is CCOC(=O)[C@@H](OC(C)(C)C)c1c(C)cc2nc(-c3ccc4ncn(C)c4c3)sc2c1-c1ccc(Cl)cc1. The van der Waals surface area contributed by atoms with Crippen LogP contribution in [0.15, 0.2) is 54.9 Å². The zero-order valence-electron chi connectivity index (χ0n) is 22.3. The minimum Gasteiger partial charge on any atom is -0.464 e. The van der Waals surface area contributed by atoms with Crippen LogP contribution < -0.4 is 0 Å². The highest BCUT2D eigenvalue weighted by atomic mass is 35.5. The number of hydrogen-bond acceptors (Lipinski definition) is 6. The quantitative estimate of drug-likeness (QED) is 0.202. The summed E-state index contributed by atoms with van der Waals surface area (Å²) in [6.45, 7) is 9.88. The molecule has 0 aliphatic heterocycles. The number of imidazole rings is 1. The van der Waals surface area contributed by atoms with Crippen molar-refractivity contribution in [2.24, 2.45) is 7.05 Å². The fourth-order valence-corrected chi connectivity index (χ4v) is 5.88. The molecular weight excluding hydrogens is 518 g/mol. The molecule has 6 nitrogen and oxygen atoms in total. The van der Waals surface area contributed by atoms with Gasteiger partial charge in [0.1, 0.15) is 5.01 Å². The van der Waals surface area contributed by atoms with Gasteiger partial charge >= 0.3 is 5.97 Å². The van der Waals surface area contributed by atoms with E-state index in [-0.39, 0.29) is 6.61 Å². The lowest BCUT2D eigenvalue weighted by atomic mass is 9.91. The van der Waals surface area contributed by atoms with Gasteiger partial charge in [-0.1, -0.05) is 23.7 Å². The van der Waals surface area contributed by atoms with E-state index in [4.69, 9.17) is 26.1 Å². The third kappa shape index (κ3) is 5.06. The van der Waals surface area contributed by atoms with Crippen molar-refractivity contribution in [3.8, 4) is 21.7 Å². The monoisotopic (exact) mass is 547 g/mol. The van der Waals surface area contributed by atoms with Crippen molar-refractivity contribution in [2.45, 2.75) is 46.3 Å². The van der Waals surface area contributed by atoms with Crippen LogP contribution in [0.25, 0.3) is 42.9 Å². The third-order valence-corrected chi connectivity index (χ3v) is 7.66. The number of rotatable bonds is 6. The summed E-state index contributed by atoms with van der Waals surface area (Å²) in [4.78, 5) is 22.8. The molecule has 3 aromatic carbocycles. The number of benzene rings is 3. The van der Waals surface area contributed by atoms with E-state index < -0.39 is 17.7 Å². The van der Waals surface area contributed by atoms with Gasteiger partial charge in [-0.05, 0) is 82.1 Å². The molecule has 38 heavy (non-hydrogen) atoms. The second-order valence-corrected chi connectivity index (χ2v) is 11.7. The normalized spacial score (nSPS) is 12.8. The first-order valence-electron chi connectivity index (χ1n) is 12.5. The molecule has 0 spiro atoms. The summed E-state index contributed by atoms with van der Waals surface area (Å²) in [5, 5.41) is 1.53. The highest BCUT2D eigenvalue weighted by Crippen LogP contribution is 2.44. The minimum atomic E-state index is -0.902. The van der Waals surface area contributed by atoms with E-state index in [9.17, 15) is 4.79 Å². The predicted molar refractivity (Wildman–Crippen MR) is 155 cm³/mol. The molecule has 0 radical (unpaired) electrons. The molecule has 0 amide bonds. The molecule has 0 bridgehead atoms. The number of fused-ring (bicyclic) bond motifs is 2. The van der Waals surface area contributed by atoms with Crippen molar-refractivity contribution in [3.63, 3.8) is 0 Å². The number of ether oxygens (including phenoxy) is 2. The summed E-state index contributed by atoms with van der Waals surface area (Å²) < 4.78 is 14.8. The molecule has 1 atom stereocenters. The number of aromatic nitrogens is 3. The summed E-state index contributed by atoms with van der Waals surface area (Å²) >= 11 is 7.84. The smallest absolute Gasteiger partial charge is 0.339 e. The van der Waals surface area contributed by atoms with Gasteiger partial charge in [-0.3, -0.25) is 0 Å². The number of carbonyl (C=O) groups is 1. The van der Waals surface area contributed by atoms with Crippen LogP contribution in [0.2, 0.25) is 5.02 Å². The molecule has 2 heterocycles. The van der Waals surface area contributed by atoms with Crippen molar-refractivity contribution in [1.82, 2.24) is 14.5 Å². The number of halogens is 1. The first-order valence-corrected chi connectivity index (χ1v) is 13.7. The summed E-state index contributed by atoms with van der Waals surface area (Å²) in [5.41, 5.74) is 6.80. The topological polar surface area (TPSA) is 66.2 Å². The lowest BCUT2D eigenvalue weighted by Gasteiger charge is -2.29. The molecular formula is C30H30ClN3O3S. The fourth-order valence-electron chi connectivity index (χ4n) is 4.63. The van der Waals surface area contributed by atoms with Crippen LogP contribution in [0.3, 0.4) is 0 Å². The first-order chi connectivity index (χ1) is 18.1. The summed E-state index contributed by atoms with van der Waals surface area (Å²) in [5.74, 6) is -0.411. The molecule has 0 N–H and O–H groups in total. The highest BCUT2D eigenvalue weighted by molar-refractivity contribution is 7.22. The Morgan fingerprint density at radius 2 is 1.79 bits per heavy atom. The van der Waals surface area contributed by atoms with Gasteiger partial charge in [0.15, 0.2) is 6.10 Å². The largest absolute Gasteiger partial charge is 0.464 e. The van der Waals surface area contributed by atoms with Gasteiger partial charge in [-0.25, -0.2) is 14.8 Å². The van der Waals surface area contributed by atoms with E-state index in [0.717, 1.165) is 54.1 Å². The van der Waals surface area contributed by atoms with Crippen molar-refractivity contribution in [3.05, 3.63) is 71.0 Å². The average Bonchev–Trinajstić information content (AvgIpc) is 3.45. The molecule has 8 heteroatoms. The van der Waals surface area contributed by atoms with E-state index in [1.165, 1.54) is 0 Å². The van der Waals surface area contributed by atoms with Gasteiger partial charge in [0.05, 0.1) is 39.8 Å². The Hall–Kier alpha value is -3.26. The molecule has 5 aromatic rings. The number of hydrogen-bond donors (Lipinski definition) is 0. The Morgan fingerprint density at radius 3 is 2.47 bits per heavy atom. The Bertz CT molecular complexity index is 1650. The second-order valence-electron chi connectivity index (χ2n) is 10.3. The maximum absolute atomic E-state index is 13.3. The molecule has 0 unspecified atom stereocenters. The number of esters is 1. The minimum absolute atomic E-state index is 0.265. The van der Waals surface area contributed by atoms with Gasteiger partial charge < -0.3 is 14.0 Å². The van der Waals surface area contributed by atoms with Gasteiger partial charge in [-0.15, -0.1) is 11.3 Å². The van der Waals surface area contributed by atoms with E-state index >= 15 is 0 Å². The molecule has 0 aliphatic rings. The molecule has 5 rings (SSSR count). The van der Waals surface area contributed by atoms with E-state index in [0.29, 0.717) is 5.02 Å². The number of nitrogens with zero attached hydrogens (tertiary/aromatic N) is 3. The van der Waals surface area contributed by atoms with Gasteiger partial charge in [-0.2, -0.15) is 0 Å². The molecule has 2 aromatic heterocycles. The lowest BCUT2D eigenvalue weighted by molar-refractivity contribution is -0.166. The van der Waals surface area contributed by atoms with Crippen LogP contribution in [-0.2, 0) is 21.3 Å². The Balaban J connectivity index is 1.78. The molecule has 196 valence electrons. The van der Waals surface area contributed by atoms with Crippen LogP contribution in [0, 0.1) is 6.92 Å². The first kappa shape index (κ1) is 26.4. The Kier molecular flexibility index (Phi) is 7.03. The van der Waals surface area contributed by atoms with Crippen molar-refractivity contribution in [2.75, 3.05) is 6.61 Å². The third-order valence-electron chi connectivity index (χ3n) is 6.27. The van der Waals surface area contributed by atoms with Gasteiger partial charge in [0, 0.05) is 28.8 Å². The predicted octanol–water partition coefficient (Wildman–Crippen LogP) is 7.90. The van der Waals surface area contributed by atoms with Gasteiger partial charge in [0.25, 0.3) is 0 Å². The number of aryl methyl sites for hydroxylation is 2. The van der Waals surface area contributed by atoms with Crippen molar-refractivity contribution < 1.29 is 14.3 Å². The van der Waals surface area contributed by atoms with Crippen LogP contribution in [0.5, 0.6) is 0 Å². The Labute approximate surface area is 231 Å². The molecule has 0 saturated heterocycles. The Morgan fingerprint density at radius 1 is 1.08 bits per heavy atom. The van der Waals surface area contributed by atoms with Crippen molar-refractivity contribution >= 4 is 50.2 Å². The summed E-state index contributed by atoms with van der Waals surface area (Å²) in [6, 6.07) is 15.9. The second kappa shape index (κ2) is 10.1. The molecule has 0 aliphatic carbocycles. The average molecular weight is 548 g/mol. The van der Waals surface area contributed by atoms with E-state index in [1.807, 2.05) is 88.1 Å². The van der Waals surface area contributed by atoms with Crippen LogP contribution >= 0.6 is 22.9 Å². The van der Waals surface area contributed by atoms with Crippen LogP contribution in [-0.4, -0.2) is 32.7 Å². The summed E-state index contributed by atoms with van der Waals surface area (Å²) in [7, 11) is 1.98. The number of thiazole rings is 1. The maximum Gasteiger partial charge on any atom is 0.339 e. The van der Waals surface area contributed by atoms with Crippen molar-refractivity contribution in [1.29, 1.82) is 0 Å². The zero-order chi connectivity index (χ0) is 27.2. The van der Waals surface area contributed by atoms with Gasteiger partial charge in [0.2, 0.25) is 0 Å². The lowest BCUT2D eigenvalue weighted by Crippen LogP contribution is -2.29. The highest BCUT2D eigenvalue weighted by Gasteiger charge is 2.33. The standard InChI is InChI=1S/C30H30ClN3O3S/c1-7-36-29(35)26(37-30(3,4)5)24-17(2)14-22-27(25(24)18-8-11-20(31)12-9-18)38-28(33-22)19-10-13-21-23(15-19)34(6)16-32-21/h8-16,26H,7H2,1-6H3/t26-/m0/s1.